The molecule has 2 aromatic rings. The summed E-state index contributed by atoms with van der Waals surface area (Å²) in [7, 11) is -1.91. The van der Waals surface area contributed by atoms with E-state index in [0.29, 0.717) is 44.4 Å². The van der Waals surface area contributed by atoms with E-state index < -0.39 is 10.0 Å². The molecule has 1 heterocycles. The van der Waals surface area contributed by atoms with Crippen LogP contribution in [0.5, 0.6) is 11.5 Å². The number of nitrogens with one attached hydrogen (secondary N) is 1. The molecule has 152 valence electrons. The van der Waals surface area contributed by atoms with Gasteiger partial charge in [-0.1, -0.05) is 6.07 Å². The zero-order chi connectivity index (χ0) is 20.0. The Morgan fingerprint density at radius 1 is 1.07 bits per heavy atom. The Labute approximate surface area is 166 Å². The fourth-order valence-electron chi connectivity index (χ4n) is 2.95. The number of nitrogens with zero attached hydrogens (tertiary/aromatic N) is 1. The van der Waals surface area contributed by atoms with Gasteiger partial charge in [-0.25, -0.2) is 8.42 Å². The van der Waals surface area contributed by atoms with E-state index in [0.717, 1.165) is 22.7 Å². The van der Waals surface area contributed by atoms with Crippen molar-refractivity contribution in [1.82, 2.24) is 4.31 Å². The van der Waals surface area contributed by atoms with Crippen LogP contribution in [-0.2, 0) is 14.8 Å². The predicted molar refractivity (Wildman–Crippen MR) is 108 cm³/mol. The van der Waals surface area contributed by atoms with E-state index in [1.54, 1.807) is 13.2 Å². The topological polar surface area (TPSA) is 77.1 Å². The molecule has 0 radical (unpaired) electrons. The first-order chi connectivity index (χ1) is 13.5. The molecule has 0 amide bonds. The molecule has 0 spiro atoms. The second kappa shape index (κ2) is 9.27. The van der Waals surface area contributed by atoms with Crippen LogP contribution in [0.3, 0.4) is 0 Å². The Morgan fingerprint density at radius 2 is 1.75 bits per heavy atom. The molecular weight excluding hydrogens is 380 g/mol. The number of methoxy groups -OCH3 is 1. The zero-order valence-electron chi connectivity index (χ0n) is 16.2. The number of morpholine rings is 1. The maximum atomic E-state index is 12.9. The minimum Gasteiger partial charge on any atom is -0.497 e. The molecule has 28 heavy (non-hydrogen) atoms. The third-order valence-corrected chi connectivity index (χ3v) is 6.58. The first kappa shape index (κ1) is 20.4. The highest BCUT2D eigenvalue weighted by atomic mass is 32.2. The number of hydrogen-bond acceptors (Lipinski definition) is 6. The number of aryl methyl sites for hydroxylation is 1. The van der Waals surface area contributed by atoms with Crippen molar-refractivity contribution in [3.63, 3.8) is 0 Å². The van der Waals surface area contributed by atoms with E-state index in [2.05, 4.69) is 5.32 Å². The monoisotopic (exact) mass is 406 g/mol. The van der Waals surface area contributed by atoms with Gasteiger partial charge in [-0.3, -0.25) is 0 Å². The Bertz CT molecular complexity index is 878. The van der Waals surface area contributed by atoms with Gasteiger partial charge in [0, 0.05) is 25.3 Å². The molecule has 0 atom stereocenters. The number of anilines is 1. The predicted octanol–water partition coefficient (Wildman–Crippen LogP) is 2.52. The van der Waals surface area contributed by atoms with Crippen LogP contribution in [-0.4, -0.2) is 59.3 Å². The molecular formula is C20H26N2O5S. The first-order valence-electron chi connectivity index (χ1n) is 9.20. The van der Waals surface area contributed by atoms with Crippen LogP contribution in [0.1, 0.15) is 5.56 Å². The van der Waals surface area contributed by atoms with Crippen LogP contribution >= 0.6 is 0 Å². The quantitative estimate of drug-likeness (QED) is 0.679. The molecule has 0 bridgehead atoms. The Hall–Kier alpha value is -2.29. The van der Waals surface area contributed by atoms with E-state index in [4.69, 9.17) is 14.2 Å². The van der Waals surface area contributed by atoms with Gasteiger partial charge in [0.2, 0.25) is 10.0 Å². The van der Waals surface area contributed by atoms with Gasteiger partial charge in [-0.05, 0) is 48.9 Å². The maximum absolute atomic E-state index is 12.9. The third-order valence-electron chi connectivity index (χ3n) is 4.54. The molecule has 0 unspecified atom stereocenters. The van der Waals surface area contributed by atoms with Crippen LogP contribution in [0.25, 0.3) is 0 Å². The molecule has 7 nitrogen and oxygen atoms in total. The Balaban J connectivity index is 1.59. The summed E-state index contributed by atoms with van der Waals surface area (Å²) >= 11 is 0. The van der Waals surface area contributed by atoms with Crippen LogP contribution in [0.4, 0.5) is 5.69 Å². The lowest BCUT2D eigenvalue weighted by Gasteiger charge is -2.27. The molecule has 0 aliphatic carbocycles. The molecule has 1 fully saturated rings. The third kappa shape index (κ3) is 4.95. The van der Waals surface area contributed by atoms with Gasteiger partial charge >= 0.3 is 0 Å². The number of sulfonamides is 1. The van der Waals surface area contributed by atoms with Crippen LogP contribution in [0.15, 0.2) is 47.4 Å². The van der Waals surface area contributed by atoms with Crippen molar-refractivity contribution < 1.29 is 22.6 Å². The molecule has 0 saturated carbocycles. The Kier molecular flexibility index (Phi) is 6.77. The van der Waals surface area contributed by atoms with E-state index in [-0.39, 0.29) is 0 Å². The summed E-state index contributed by atoms with van der Waals surface area (Å²) in [6.07, 6.45) is 0. The molecule has 0 aromatic heterocycles. The average Bonchev–Trinajstić information content (AvgIpc) is 2.73. The van der Waals surface area contributed by atoms with Gasteiger partial charge in [0.25, 0.3) is 0 Å². The van der Waals surface area contributed by atoms with E-state index in [1.165, 1.54) is 4.31 Å². The first-order valence-corrected chi connectivity index (χ1v) is 10.6. The van der Waals surface area contributed by atoms with E-state index in [9.17, 15) is 8.42 Å². The van der Waals surface area contributed by atoms with Gasteiger partial charge in [-0.15, -0.1) is 0 Å². The van der Waals surface area contributed by atoms with Crippen LogP contribution < -0.4 is 14.8 Å². The van der Waals surface area contributed by atoms with Crippen molar-refractivity contribution >= 4 is 15.7 Å². The van der Waals surface area contributed by atoms with Crippen LogP contribution in [0.2, 0.25) is 0 Å². The Morgan fingerprint density at radius 3 is 2.43 bits per heavy atom. The minimum absolute atomic E-state index is 0.329. The summed E-state index contributed by atoms with van der Waals surface area (Å²) < 4.78 is 43.4. The number of hydrogen-bond donors (Lipinski definition) is 1. The summed E-state index contributed by atoms with van der Waals surface area (Å²) in [5.41, 5.74) is 1.47. The highest BCUT2D eigenvalue weighted by molar-refractivity contribution is 7.89. The van der Waals surface area contributed by atoms with Gasteiger partial charge < -0.3 is 19.5 Å². The van der Waals surface area contributed by atoms with Gasteiger partial charge in [-0.2, -0.15) is 4.31 Å². The van der Waals surface area contributed by atoms with Crippen molar-refractivity contribution in [2.75, 3.05) is 51.9 Å². The lowest BCUT2D eigenvalue weighted by atomic mass is 10.2. The normalized spacial score (nSPS) is 15.2. The van der Waals surface area contributed by atoms with Crippen molar-refractivity contribution in [3.05, 3.63) is 48.0 Å². The van der Waals surface area contributed by atoms with Crippen molar-refractivity contribution in [2.24, 2.45) is 0 Å². The fraction of sp³-hybridized carbons (Fsp3) is 0.400. The number of ether oxygens (including phenoxy) is 3. The molecule has 1 N–H and O–H groups in total. The van der Waals surface area contributed by atoms with Crippen molar-refractivity contribution in [1.29, 1.82) is 0 Å². The highest BCUT2D eigenvalue weighted by Crippen LogP contribution is 2.24. The van der Waals surface area contributed by atoms with Gasteiger partial charge in [0.05, 0.1) is 25.2 Å². The molecule has 8 heteroatoms. The van der Waals surface area contributed by atoms with Gasteiger partial charge in [0.15, 0.2) is 0 Å². The largest absolute Gasteiger partial charge is 0.497 e. The smallest absolute Gasteiger partial charge is 0.243 e. The summed E-state index contributed by atoms with van der Waals surface area (Å²) in [5, 5.41) is 3.22. The van der Waals surface area contributed by atoms with Gasteiger partial charge in [0.1, 0.15) is 18.1 Å². The second-order valence-electron chi connectivity index (χ2n) is 6.45. The summed E-state index contributed by atoms with van der Waals surface area (Å²) in [6, 6.07) is 12.8. The standard InChI is InChI=1S/C20H26N2O5S/c1-16-3-4-17(15-20(16)28(23,24)22-10-13-26-14-11-22)21-9-12-27-19-7-5-18(25-2)6-8-19/h3-8,15,21H,9-14H2,1-2H3. The molecule has 3 rings (SSSR count). The fourth-order valence-corrected chi connectivity index (χ4v) is 4.61. The highest BCUT2D eigenvalue weighted by Gasteiger charge is 2.27. The van der Waals surface area contributed by atoms with E-state index in [1.807, 2.05) is 43.3 Å². The number of benzene rings is 2. The van der Waals surface area contributed by atoms with E-state index >= 15 is 0 Å². The SMILES string of the molecule is COc1ccc(OCCNc2ccc(C)c(S(=O)(=O)N3CCOCC3)c2)cc1. The summed E-state index contributed by atoms with van der Waals surface area (Å²) in [5.74, 6) is 1.53. The molecule has 1 aliphatic rings. The van der Waals surface area contributed by atoms with Crippen molar-refractivity contribution in [2.45, 2.75) is 11.8 Å². The number of rotatable bonds is 8. The van der Waals surface area contributed by atoms with Crippen LogP contribution in [0, 0.1) is 6.92 Å². The second-order valence-corrected chi connectivity index (χ2v) is 8.35. The summed E-state index contributed by atoms with van der Waals surface area (Å²) in [4.78, 5) is 0.329. The minimum atomic E-state index is -3.53. The maximum Gasteiger partial charge on any atom is 0.243 e. The zero-order valence-corrected chi connectivity index (χ0v) is 17.0. The molecule has 1 aliphatic heterocycles. The average molecular weight is 407 g/mol. The summed E-state index contributed by atoms with van der Waals surface area (Å²) in [6.45, 7) is 4.43. The molecule has 1 saturated heterocycles. The lowest BCUT2D eigenvalue weighted by Crippen LogP contribution is -2.40. The lowest BCUT2D eigenvalue weighted by molar-refractivity contribution is 0.0730. The van der Waals surface area contributed by atoms with Crippen molar-refractivity contribution in [3.8, 4) is 11.5 Å². The molecule has 2 aromatic carbocycles.